The molecule has 0 bridgehead atoms. The van der Waals surface area contributed by atoms with Crippen LogP contribution in [0.1, 0.15) is 12.5 Å². The summed E-state index contributed by atoms with van der Waals surface area (Å²) in [5, 5.41) is 3.01. The molecular formula is C21H25N5O. The normalized spacial score (nSPS) is 14.6. The van der Waals surface area contributed by atoms with E-state index in [-0.39, 0.29) is 6.03 Å². The van der Waals surface area contributed by atoms with Gasteiger partial charge in [-0.25, -0.2) is 9.78 Å². The maximum absolute atomic E-state index is 12.5. The van der Waals surface area contributed by atoms with Gasteiger partial charge in [-0.3, -0.25) is 0 Å². The molecule has 0 aliphatic carbocycles. The second kappa shape index (κ2) is 7.70. The number of para-hydroxylation sites is 2. The largest absolute Gasteiger partial charge is 0.339 e. The second-order valence-electron chi connectivity index (χ2n) is 6.76. The molecule has 1 fully saturated rings. The Labute approximate surface area is 159 Å². The Bertz CT molecular complexity index is 913. The lowest BCUT2D eigenvalue weighted by Crippen LogP contribution is -2.52. The number of hydrogen-bond donors (Lipinski definition) is 1. The van der Waals surface area contributed by atoms with Gasteiger partial charge in [-0.15, -0.1) is 0 Å². The van der Waals surface area contributed by atoms with Gasteiger partial charge in [-0.2, -0.15) is 0 Å². The van der Waals surface area contributed by atoms with Crippen molar-refractivity contribution in [2.45, 2.75) is 20.0 Å². The van der Waals surface area contributed by atoms with Crippen LogP contribution in [0.4, 0.5) is 10.7 Å². The van der Waals surface area contributed by atoms with Crippen molar-refractivity contribution in [3.05, 3.63) is 60.2 Å². The highest BCUT2D eigenvalue weighted by Crippen LogP contribution is 2.23. The lowest BCUT2D eigenvalue weighted by atomic mass is 10.2. The van der Waals surface area contributed by atoms with Gasteiger partial charge in [0.2, 0.25) is 5.95 Å². The average Bonchev–Trinajstić information content (AvgIpc) is 3.11. The predicted octanol–water partition coefficient (Wildman–Crippen LogP) is 3.09. The zero-order valence-corrected chi connectivity index (χ0v) is 15.6. The van der Waals surface area contributed by atoms with E-state index in [1.807, 2.05) is 41.3 Å². The number of imidazole rings is 1. The molecule has 2 aromatic carbocycles. The number of aryl methyl sites for hydroxylation is 1. The highest BCUT2D eigenvalue weighted by atomic mass is 16.2. The number of anilines is 1. The molecule has 6 heteroatoms. The number of fused-ring (bicyclic) bond motifs is 1. The molecule has 1 aromatic heterocycles. The number of aromatic nitrogens is 2. The molecule has 0 saturated carbocycles. The number of carbonyl (C=O) groups is 1. The van der Waals surface area contributed by atoms with E-state index in [0.29, 0.717) is 19.6 Å². The number of nitrogens with zero attached hydrogens (tertiary/aromatic N) is 4. The highest BCUT2D eigenvalue weighted by Gasteiger charge is 2.24. The molecule has 3 aromatic rings. The van der Waals surface area contributed by atoms with Gasteiger partial charge in [-0.1, -0.05) is 42.5 Å². The Balaban J connectivity index is 1.38. The van der Waals surface area contributed by atoms with Crippen molar-refractivity contribution in [1.29, 1.82) is 0 Å². The number of benzene rings is 2. The van der Waals surface area contributed by atoms with Gasteiger partial charge >= 0.3 is 6.03 Å². The number of carbonyl (C=O) groups excluding carboxylic acids is 1. The van der Waals surface area contributed by atoms with Crippen molar-refractivity contribution >= 4 is 23.0 Å². The summed E-state index contributed by atoms with van der Waals surface area (Å²) in [6.45, 7) is 6.58. The molecule has 0 unspecified atom stereocenters. The molecule has 140 valence electrons. The SMILES string of the molecule is CCn1c(N2CCN(C(=O)NCc3ccccc3)CC2)nc2ccccc21. The topological polar surface area (TPSA) is 53.4 Å². The van der Waals surface area contributed by atoms with Crippen LogP contribution in [0.25, 0.3) is 11.0 Å². The maximum atomic E-state index is 12.5. The van der Waals surface area contributed by atoms with Gasteiger partial charge in [-0.05, 0) is 24.6 Å². The first-order valence-electron chi connectivity index (χ1n) is 9.53. The third-order valence-electron chi connectivity index (χ3n) is 5.09. The van der Waals surface area contributed by atoms with E-state index in [9.17, 15) is 4.79 Å². The molecule has 4 rings (SSSR count). The van der Waals surface area contributed by atoms with Crippen molar-refractivity contribution in [3.63, 3.8) is 0 Å². The fourth-order valence-electron chi connectivity index (χ4n) is 3.61. The van der Waals surface area contributed by atoms with E-state index >= 15 is 0 Å². The van der Waals surface area contributed by atoms with E-state index in [1.54, 1.807) is 0 Å². The summed E-state index contributed by atoms with van der Waals surface area (Å²) in [5.74, 6) is 1.00. The lowest BCUT2D eigenvalue weighted by Gasteiger charge is -2.35. The smallest absolute Gasteiger partial charge is 0.317 e. The number of hydrogen-bond acceptors (Lipinski definition) is 3. The highest BCUT2D eigenvalue weighted by molar-refractivity contribution is 5.79. The Morgan fingerprint density at radius 3 is 2.44 bits per heavy atom. The van der Waals surface area contributed by atoms with Crippen LogP contribution in [0.2, 0.25) is 0 Å². The lowest BCUT2D eigenvalue weighted by molar-refractivity contribution is 0.193. The Morgan fingerprint density at radius 2 is 1.70 bits per heavy atom. The zero-order valence-electron chi connectivity index (χ0n) is 15.6. The average molecular weight is 363 g/mol. The monoisotopic (exact) mass is 363 g/mol. The molecule has 2 heterocycles. The summed E-state index contributed by atoms with van der Waals surface area (Å²) in [6, 6.07) is 18.2. The minimum atomic E-state index is 0.00231. The van der Waals surface area contributed by atoms with E-state index in [0.717, 1.165) is 42.2 Å². The minimum absolute atomic E-state index is 0.00231. The Kier molecular flexibility index (Phi) is 4.96. The number of rotatable bonds is 4. The molecule has 0 radical (unpaired) electrons. The molecule has 1 saturated heterocycles. The quantitative estimate of drug-likeness (QED) is 0.775. The molecule has 0 atom stereocenters. The zero-order chi connectivity index (χ0) is 18.6. The van der Waals surface area contributed by atoms with Crippen LogP contribution in [0.3, 0.4) is 0 Å². The second-order valence-corrected chi connectivity index (χ2v) is 6.76. The Hall–Kier alpha value is -3.02. The van der Waals surface area contributed by atoms with Crippen molar-refractivity contribution < 1.29 is 4.79 Å². The molecule has 27 heavy (non-hydrogen) atoms. The summed E-state index contributed by atoms with van der Waals surface area (Å²) >= 11 is 0. The van der Waals surface area contributed by atoms with E-state index < -0.39 is 0 Å². The van der Waals surface area contributed by atoms with Crippen LogP contribution in [0.15, 0.2) is 54.6 Å². The number of piperazine rings is 1. The van der Waals surface area contributed by atoms with Crippen LogP contribution >= 0.6 is 0 Å². The van der Waals surface area contributed by atoms with Crippen molar-refractivity contribution in [2.24, 2.45) is 0 Å². The first-order chi connectivity index (χ1) is 13.3. The van der Waals surface area contributed by atoms with Gasteiger partial charge in [0.25, 0.3) is 0 Å². The van der Waals surface area contributed by atoms with Crippen molar-refractivity contribution in [1.82, 2.24) is 19.8 Å². The summed E-state index contributed by atoms with van der Waals surface area (Å²) in [6.07, 6.45) is 0. The molecule has 1 aliphatic rings. The number of nitrogens with one attached hydrogen (secondary N) is 1. The van der Waals surface area contributed by atoms with Crippen molar-refractivity contribution in [2.75, 3.05) is 31.1 Å². The number of amides is 2. The van der Waals surface area contributed by atoms with Gasteiger partial charge in [0, 0.05) is 39.3 Å². The first kappa shape index (κ1) is 17.4. The van der Waals surface area contributed by atoms with Crippen LogP contribution in [-0.2, 0) is 13.1 Å². The van der Waals surface area contributed by atoms with E-state index in [1.165, 1.54) is 0 Å². The fourth-order valence-corrected chi connectivity index (χ4v) is 3.61. The molecule has 6 nitrogen and oxygen atoms in total. The van der Waals surface area contributed by atoms with Crippen LogP contribution < -0.4 is 10.2 Å². The molecule has 1 N–H and O–H groups in total. The van der Waals surface area contributed by atoms with Crippen LogP contribution in [-0.4, -0.2) is 46.7 Å². The fraction of sp³-hybridized carbons (Fsp3) is 0.333. The summed E-state index contributed by atoms with van der Waals surface area (Å²) in [5.41, 5.74) is 3.30. The summed E-state index contributed by atoms with van der Waals surface area (Å²) < 4.78 is 2.25. The van der Waals surface area contributed by atoms with Gasteiger partial charge in [0.1, 0.15) is 0 Å². The maximum Gasteiger partial charge on any atom is 0.317 e. The third kappa shape index (κ3) is 3.60. The standard InChI is InChI=1S/C21H25N5O/c1-2-26-19-11-7-6-10-18(19)23-20(26)24-12-14-25(15-13-24)21(27)22-16-17-8-4-3-5-9-17/h3-11H,2,12-16H2,1H3,(H,22,27). The van der Waals surface area contributed by atoms with E-state index in [2.05, 4.69) is 39.9 Å². The van der Waals surface area contributed by atoms with Gasteiger partial charge < -0.3 is 19.7 Å². The van der Waals surface area contributed by atoms with Crippen LogP contribution in [0.5, 0.6) is 0 Å². The number of urea groups is 1. The van der Waals surface area contributed by atoms with Gasteiger partial charge in [0.05, 0.1) is 11.0 Å². The van der Waals surface area contributed by atoms with Crippen molar-refractivity contribution in [3.8, 4) is 0 Å². The van der Waals surface area contributed by atoms with Gasteiger partial charge in [0.15, 0.2) is 0 Å². The predicted molar refractivity (Wildman–Crippen MR) is 108 cm³/mol. The third-order valence-corrected chi connectivity index (χ3v) is 5.09. The minimum Gasteiger partial charge on any atom is -0.339 e. The summed E-state index contributed by atoms with van der Waals surface area (Å²) in [7, 11) is 0. The molecule has 2 amide bonds. The first-order valence-corrected chi connectivity index (χ1v) is 9.53. The Morgan fingerprint density at radius 1 is 1.00 bits per heavy atom. The summed E-state index contributed by atoms with van der Waals surface area (Å²) in [4.78, 5) is 21.4. The molecule has 1 aliphatic heterocycles. The van der Waals surface area contributed by atoms with Crippen LogP contribution in [0, 0.1) is 0 Å². The molecule has 0 spiro atoms. The molecular weight excluding hydrogens is 338 g/mol. The van der Waals surface area contributed by atoms with E-state index in [4.69, 9.17) is 4.98 Å².